The predicted octanol–water partition coefficient (Wildman–Crippen LogP) is 1.88. The van der Waals surface area contributed by atoms with E-state index in [-0.39, 0.29) is 12.0 Å². The maximum absolute atomic E-state index is 12.1. The number of benzene rings is 1. The number of hydrogen-bond donors (Lipinski definition) is 1. The van der Waals surface area contributed by atoms with Crippen molar-refractivity contribution in [1.29, 1.82) is 0 Å². The number of carbonyl (C=O) groups excluding carboxylic acids is 1. The average molecular weight is 260 g/mol. The first kappa shape index (κ1) is 13.5. The summed E-state index contributed by atoms with van der Waals surface area (Å²) in [7, 11) is 0. The van der Waals surface area contributed by atoms with Gasteiger partial charge in [0.05, 0.1) is 13.3 Å². The highest BCUT2D eigenvalue weighted by atomic mass is 16.5. The van der Waals surface area contributed by atoms with Gasteiger partial charge >= 0.3 is 5.97 Å². The Kier molecular flexibility index (Phi) is 4.44. The molecule has 0 saturated heterocycles. The second-order valence-corrected chi connectivity index (χ2v) is 4.62. The zero-order valence-electron chi connectivity index (χ0n) is 11.4. The van der Waals surface area contributed by atoms with E-state index in [0.29, 0.717) is 19.7 Å². The number of esters is 1. The van der Waals surface area contributed by atoms with Crippen molar-refractivity contribution < 1.29 is 9.53 Å². The molecular formula is C15H20N2O2. The lowest BCUT2D eigenvalue weighted by Crippen LogP contribution is -2.41. The van der Waals surface area contributed by atoms with Crippen molar-refractivity contribution in [2.75, 3.05) is 13.3 Å². The Morgan fingerprint density at radius 3 is 2.74 bits per heavy atom. The number of rotatable bonds is 5. The first-order valence-corrected chi connectivity index (χ1v) is 6.59. The van der Waals surface area contributed by atoms with Crippen LogP contribution in [0.25, 0.3) is 0 Å². The van der Waals surface area contributed by atoms with Crippen LogP contribution >= 0.6 is 0 Å². The number of allylic oxidation sites excluding steroid dienone is 1. The molecule has 0 aliphatic carbocycles. The summed E-state index contributed by atoms with van der Waals surface area (Å²) < 4.78 is 5.19. The van der Waals surface area contributed by atoms with E-state index in [9.17, 15) is 4.79 Å². The molecule has 1 heterocycles. The summed E-state index contributed by atoms with van der Waals surface area (Å²) in [5.74, 6) is -0.167. The molecule has 0 radical (unpaired) electrons. The van der Waals surface area contributed by atoms with Gasteiger partial charge in [-0.2, -0.15) is 0 Å². The van der Waals surface area contributed by atoms with Gasteiger partial charge < -0.3 is 15.0 Å². The fourth-order valence-electron chi connectivity index (χ4n) is 2.17. The third kappa shape index (κ3) is 3.50. The van der Waals surface area contributed by atoms with Crippen LogP contribution in [0, 0.1) is 0 Å². The summed E-state index contributed by atoms with van der Waals surface area (Å²) in [5.41, 5.74) is 2.21. The van der Waals surface area contributed by atoms with E-state index in [2.05, 4.69) is 5.32 Å². The van der Waals surface area contributed by atoms with E-state index >= 15 is 0 Å². The highest BCUT2D eigenvalue weighted by Crippen LogP contribution is 2.14. The molecule has 1 aromatic carbocycles. The third-order valence-electron chi connectivity index (χ3n) is 3.13. The number of nitrogens with one attached hydrogen (secondary N) is 1. The first-order valence-electron chi connectivity index (χ1n) is 6.59. The Bertz CT molecular complexity index is 456. The largest absolute Gasteiger partial charge is 0.464 e. The van der Waals surface area contributed by atoms with Crippen LogP contribution in [0.3, 0.4) is 0 Å². The van der Waals surface area contributed by atoms with Crippen molar-refractivity contribution in [1.82, 2.24) is 10.2 Å². The minimum atomic E-state index is -0.271. The highest BCUT2D eigenvalue weighted by molar-refractivity contribution is 5.76. The molecular weight excluding hydrogens is 240 g/mol. The molecule has 0 amide bonds. The maximum atomic E-state index is 12.1. The molecule has 1 aliphatic rings. The van der Waals surface area contributed by atoms with E-state index in [1.165, 1.54) is 0 Å². The topological polar surface area (TPSA) is 41.6 Å². The van der Waals surface area contributed by atoms with Crippen molar-refractivity contribution in [3.8, 4) is 0 Å². The van der Waals surface area contributed by atoms with Crippen molar-refractivity contribution in [3.63, 3.8) is 0 Å². The van der Waals surface area contributed by atoms with E-state index in [1.54, 1.807) is 0 Å². The van der Waals surface area contributed by atoms with Crippen LogP contribution in [-0.2, 0) is 16.0 Å². The molecule has 0 aromatic heterocycles. The van der Waals surface area contributed by atoms with Gasteiger partial charge in [-0.15, -0.1) is 0 Å². The number of carbonyl (C=O) groups is 1. The smallest absolute Gasteiger partial charge is 0.329 e. The molecule has 0 fully saturated rings. The van der Waals surface area contributed by atoms with Crippen LogP contribution in [0.2, 0.25) is 0 Å². The van der Waals surface area contributed by atoms with Gasteiger partial charge in [0.2, 0.25) is 0 Å². The van der Waals surface area contributed by atoms with Gasteiger partial charge in [-0.1, -0.05) is 30.3 Å². The summed E-state index contributed by atoms with van der Waals surface area (Å²) >= 11 is 0. The molecule has 1 atom stereocenters. The van der Waals surface area contributed by atoms with Crippen LogP contribution in [0.4, 0.5) is 0 Å². The van der Waals surface area contributed by atoms with Crippen LogP contribution < -0.4 is 5.32 Å². The lowest BCUT2D eigenvalue weighted by Gasteiger charge is -2.25. The number of hydrogen-bond acceptors (Lipinski definition) is 4. The molecule has 0 spiro atoms. The SMILES string of the molecule is CCOC(=O)C(Cc1ccccc1)N1C=C(C)NC1. The van der Waals surface area contributed by atoms with Gasteiger partial charge in [0.15, 0.2) is 0 Å². The second-order valence-electron chi connectivity index (χ2n) is 4.62. The monoisotopic (exact) mass is 260 g/mol. The van der Waals surface area contributed by atoms with Gasteiger partial charge in [0.25, 0.3) is 0 Å². The zero-order chi connectivity index (χ0) is 13.7. The fraction of sp³-hybridized carbons (Fsp3) is 0.400. The Balaban J connectivity index is 2.12. The van der Waals surface area contributed by atoms with Crippen LogP contribution in [0.1, 0.15) is 19.4 Å². The molecule has 4 heteroatoms. The maximum Gasteiger partial charge on any atom is 0.329 e. The fourth-order valence-corrected chi connectivity index (χ4v) is 2.17. The first-order chi connectivity index (χ1) is 9.20. The number of ether oxygens (including phenoxy) is 1. The highest BCUT2D eigenvalue weighted by Gasteiger charge is 2.27. The molecule has 4 nitrogen and oxygen atoms in total. The van der Waals surface area contributed by atoms with E-state index in [1.807, 2.05) is 55.3 Å². The summed E-state index contributed by atoms with van der Waals surface area (Å²) in [6.45, 7) is 4.89. The van der Waals surface area contributed by atoms with Gasteiger partial charge in [0.1, 0.15) is 6.04 Å². The summed E-state index contributed by atoms with van der Waals surface area (Å²) in [4.78, 5) is 14.1. The van der Waals surface area contributed by atoms with Crippen LogP contribution in [0.5, 0.6) is 0 Å². The normalized spacial score (nSPS) is 15.7. The van der Waals surface area contributed by atoms with Crippen molar-refractivity contribution in [2.45, 2.75) is 26.3 Å². The van der Waals surface area contributed by atoms with Gasteiger partial charge in [0, 0.05) is 18.3 Å². The summed E-state index contributed by atoms with van der Waals surface area (Å²) in [6, 6.07) is 9.75. The average Bonchev–Trinajstić information content (AvgIpc) is 2.84. The third-order valence-corrected chi connectivity index (χ3v) is 3.13. The minimum absolute atomic E-state index is 0.167. The van der Waals surface area contributed by atoms with Crippen molar-refractivity contribution in [2.24, 2.45) is 0 Å². The summed E-state index contributed by atoms with van der Waals surface area (Å²) in [5, 5.41) is 3.21. The van der Waals surface area contributed by atoms with Crippen molar-refractivity contribution in [3.05, 3.63) is 47.8 Å². The van der Waals surface area contributed by atoms with Gasteiger partial charge in [-0.3, -0.25) is 0 Å². The standard InChI is InChI=1S/C15H20N2O2/c1-3-19-15(18)14(17-10-12(2)16-11-17)9-13-7-5-4-6-8-13/h4-8,10,14,16H,3,9,11H2,1-2H3. The molecule has 0 saturated carbocycles. The molecule has 1 aliphatic heterocycles. The molecule has 0 bridgehead atoms. The molecule has 1 N–H and O–H groups in total. The lowest BCUT2D eigenvalue weighted by atomic mass is 10.1. The molecule has 1 aromatic rings. The predicted molar refractivity (Wildman–Crippen MR) is 74.2 cm³/mol. The van der Waals surface area contributed by atoms with E-state index in [4.69, 9.17) is 4.74 Å². The second kappa shape index (κ2) is 6.27. The molecule has 19 heavy (non-hydrogen) atoms. The Morgan fingerprint density at radius 1 is 1.42 bits per heavy atom. The van der Waals surface area contributed by atoms with Crippen LogP contribution in [-0.4, -0.2) is 30.2 Å². The van der Waals surface area contributed by atoms with Crippen LogP contribution in [0.15, 0.2) is 42.2 Å². The number of nitrogens with zero attached hydrogens (tertiary/aromatic N) is 1. The molecule has 2 rings (SSSR count). The lowest BCUT2D eigenvalue weighted by molar-refractivity contribution is -0.148. The summed E-state index contributed by atoms with van der Waals surface area (Å²) in [6.07, 6.45) is 2.63. The Hall–Kier alpha value is -1.97. The minimum Gasteiger partial charge on any atom is -0.464 e. The Morgan fingerprint density at radius 2 is 2.16 bits per heavy atom. The van der Waals surface area contributed by atoms with E-state index < -0.39 is 0 Å². The zero-order valence-corrected chi connectivity index (χ0v) is 11.4. The molecule has 102 valence electrons. The quantitative estimate of drug-likeness (QED) is 0.821. The molecule has 1 unspecified atom stereocenters. The van der Waals surface area contributed by atoms with Gasteiger partial charge in [-0.05, 0) is 19.4 Å². The van der Waals surface area contributed by atoms with Crippen molar-refractivity contribution >= 4 is 5.97 Å². The van der Waals surface area contributed by atoms with Gasteiger partial charge in [-0.25, -0.2) is 4.79 Å². The van der Waals surface area contributed by atoms with E-state index in [0.717, 1.165) is 11.3 Å². The Labute approximate surface area is 114 Å².